The number of ether oxygens (including phenoxy) is 1. The van der Waals surface area contributed by atoms with Crippen molar-refractivity contribution < 1.29 is 19.1 Å². The molecule has 7 nitrogen and oxygen atoms in total. The highest BCUT2D eigenvalue weighted by atomic mass is 16.6. The summed E-state index contributed by atoms with van der Waals surface area (Å²) in [6.45, 7) is 8.96. The standard InChI is InChI=1S/C21H33N3O4/c1-7-11-15(2)23-19(26)18(16-12-9-8-10-13-16)24(6)17(25)14-22-20(27)28-21(3,4)5/h8-10,12-13,15,18H,7,11,14H2,1-6H3,(H,22,27)(H,23,26). The van der Waals surface area contributed by atoms with E-state index >= 15 is 0 Å². The number of hydrogen-bond acceptors (Lipinski definition) is 4. The Morgan fingerprint density at radius 2 is 1.75 bits per heavy atom. The summed E-state index contributed by atoms with van der Waals surface area (Å²) in [6.07, 6.45) is 1.13. The second-order valence-electron chi connectivity index (χ2n) is 7.87. The minimum Gasteiger partial charge on any atom is -0.444 e. The first-order chi connectivity index (χ1) is 13.0. The van der Waals surface area contributed by atoms with Gasteiger partial charge in [-0.15, -0.1) is 0 Å². The average molecular weight is 392 g/mol. The Morgan fingerprint density at radius 3 is 2.29 bits per heavy atom. The molecule has 0 aliphatic heterocycles. The van der Waals surface area contributed by atoms with E-state index in [9.17, 15) is 14.4 Å². The van der Waals surface area contributed by atoms with Gasteiger partial charge < -0.3 is 20.3 Å². The molecular formula is C21H33N3O4. The summed E-state index contributed by atoms with van der Waals surface area (Å²) >= 11 is 0. The lowest BCUT2D eigenvalue weighted by molar-refractivity contribution is -0.138. The molecule has 0 fully saturated rings. The molecular weight excluding hydrogens is 358 g/mol. The van der Waals surface area contributed by atoms with Gasteiger partial charge in [-0.1, -0.05) is 43.7 Å². The number of rotatable bonds is 8. The fraction of sp³-hybridized carbons (Fsp3) is 0.571. The van der Waals surface area contributed by atoms with Crippen LogP contribution in [0.25, 0.3) is 0 Å². The van der Waals surface area contributed by atoms with Gasteiger partial charge in [0.1, 0.15) is 18.2 Å². The third kappa shape index (κ3) is 7.98. The Balaban J connectivity index is 2.87. The first-order valence-corrected chi connectivity index (χ1v) is 9.63. The zero-order chi connectivity index (χ0) is 21.3. The van der Waals surface area contributed by atoms with Crippen LogP contribution in [0, 0.1) is 0 Å². The SMILES string of the molecule is CCCC(C)NC(=O)C(c1ccccc1)N(C)C(=O)CNC(=O)OC(C)(C)C. The molecule has 0 saturated carbocycles. The summed E-state index contributed by atoms with van der Waals surface area (Å²) in [5.74, 6) is -0.640. The number of alkyl carbamates (subject to hydrolysis) is 1. The monoisotopic (exact) mass is 391 g/mol. The molecule has 0 radical (unpaired) electrons. The molecule has 0 aliphatic rings. The Labute approximate surface area is 167 Å². The molecule has 1 rings (SSSR count). The quantitative estimate of drug-likeness (QED) is 0.713. The van der Waals surface area contributed by atoms with E-state index in [1.807, 2.05) is 25.1 Å². The molecule has 0 saturated heterocycles. The van der Waals surface area contributed by atoms with Crippen LogP contribution in [0.4, 0.5) is 4.79 Å². The molecule has 1 aromatic rings. The molecule has 0 bridgehead atoms. The fourth-order valence-electron chi connectivity index (χ4n) is 2.74. The lowest BCUT2D eigenvalue weighted by Gasteiger charge is -2.29. The number of hydrogen-bond donors (Lipinski definition) is 2. The van der Waals surface area contributed by atoms with Gasteiger partial charge in [-0.25, -0.2) is 4.79 Å². The summed E-state index contributed by atoms with van der Waals surface area (Å²) in [6, 6.07) is 8.33. The number of carbonyl (C=O) groups is 3. The molecule has 0 heterocycles. The van der Waals surface area contributed by atoms with Crippen LogP contribution in [0.15, 0.2) is 30.3 Å². The second-order valence-corrected chi connectivity index (χ2v) is 7.87. The third-order valence-corrected chi connectivity index (χ3v) is 4.04. The van der Waals surface area contributed by atoms with E-state index < -0.39 is 23.6 Å². The maximum absolute atomic E-state index is 12.9. The number of nitrogens with zero attached hydrogens (tertiary/aromatic N) is 1. The minimum atomic E-state index is -0.784. The van der Waals surface area contributed by atoms with Gasteiger partial charge in [0, 0.05) is 13.1 Å². The minimum absolute atomic E-state index is 0.00658. The Morgan fingerprint density at radius 1 is 1.14 bits per heavy atom. The highest BCUT2D eigenvalue weighted by Crippen LogP contribution is 2.20. The highest BCUT2D eigenvalue weighted by Gasteiger charge is 2.29. The van der Waals surface area contributed by atoms with Crippen molar-refractivity contribution in [1.29, 1.82) is 0 Å². The Hall–Kier alpha value is -2.57. The molecule has 2 atom stereocenters. The lowest BCUT2D eigenvalue weighted by atomic mass is 10.0. The van der Waals surface area contributed by atoms with Gasteiger partial charge >= 0.3 is 6.09 Å². The van der Waals surface area contributed by atoms with E-state index in [1.54, 1.807) is 40.0 Å². The molecule has 28 heavy (non-hydrogen) atoms. The van der Waals surface area contributed by atoms with E-state index in [-0.39, 0.29) is 18.5 Å². The van der Waals surface area contributed by atoms with E-state index in [0.29, 0.717) is 5.56 Å². The number of nitrogens with one attached hydrogen (secondary N) is 2. The zero-order valence-electron chi connectivity index (χ0n) is 17.7. The molecule has 2 N–H and O–H groups in total. The molecule has 2 unspecified atom stereocenters. The van der Waals surface area contributed by atoms with E-state index in [0.717, 1.165) is 12.8 Å². The van der Waals surface area contributed by atoms with Gasteiger partial charge in [0.05, 0.1) is 0 Å². The van der Waals surface area contributed by atoms with Crippen molar-refractivity contribution in [3.8, 4) is 0 Å². The molecule has 1 aromatic carbocycles. The van der Waals surface area contributed by atoms with E-state index in [2.05, 4.69) is 17.6 Å². The zero-order valence-corrected chi connectivity index (χ0v) is 17.7. The lowest BCUT2D eigenvalue weighted by Crippen LogP contribution is -2.47. The molecule has 0 aromatic heterocycles. The highest BCUT2D eigenvalue weighted by molar-refractivity contribution is 5.90. The predicted octanol–water partition coefficient (Wildman–Crippen LogP) is 3.02. The second kappa shape index (κ2) is 10.7. The summed E-state index contributed by atoms with van der Waals surface area (Å²) in [7, 11) is 1.56. The van der Waals surface area contributed by atoms with Gasteiger partial charge in [0.25, 0.3) is 0 Å². The molecule has 156 valence electrons. The maximum atomic E-state index is 12.9. The van der Waals surface area contributed by atoms with Crippen molar-refractivity contribution in [2.75, 3.05) is 13.6 Å². The smallest absolute Gasteiger partial charge is 0.408 e. The molecule has 7 heteroatoms. The molecule has 3 amide bonds. The molecule has 0 spiro atoms. The van der Waals surface area contributed by atoms with Gasteiger partial charge in [-0.05, 0) is 39.7 Å². The van der Waals surface area contributed by atoms with Crippen LogP contribution in [-0.4, -0.2) is 48.0 Å². The average Bonchev–Trinajstić information content (AvgIpc) is 2.59. The first kappa shape index (κ1) is 23.5. The first-order valence-electron chi connectivity index (χ1n) is 9.63. The van der Waals surface area contributed by atoms with Crippen molar-refractivity contribution in [2.45, 2.75) is 65.1 Å². The van der Waals surface area contributed by atoms with Gasteiger partial charge in [-0.2, -0.15) is 0 Å². The van der Waals surface area contributed by atoms with Gasteiger partial charge in [0.2, 0.25) is 11.8 Å². The van der Waals surface area contributed by atoms with E-state index in [1.165, 1.54) is 4.90 Å². The number of carbonyl (C=O) groups excluding carboxylic acids is 3. The summed E-state index contributed by atoms with van der Waals surface area (Å²) in [4.78, 5) is 38.6. The topological polar surface area (TPSA) is 87.7 Å². The van der Waals surface area contributed by atoms with Crippen LogP contribution in [-0.2, 0) is 14.3 Å². The Kier molecular flexibility index (Phi) is 8.96. The fourth-order valence-corrected chi connectivity index (χ4v) is 2.74. The van der Waals surface area contributed by atoms with Crippen LogP contribution in [0.3, 0.4) is 0 Å². The summed E-state index contributed by atoms with van der Waals surface area (Å²) in [5.41, 5.74) is 0.0535. The van der Waals surface area contributed by atoms with Crippen molar-refractivity contribution in [3.05, 3.63) is 35.9 Å². The van der Waals surface area contributed by atoms with E-state index in [4.69, 9.17) is 4.74 Å². The largest absolute Gasteiger partial charge is 0.444 e. The van der Waals surface area contributed by atoms with Crippen molar-refractivity contribution >= 4 is 17.9 Å². The maximum Gasteiger partial charge on any atom is 0.408 e. The number of benzene rings is 1. The van der Waals surface area contributed by atoms with Gasteiger partial charge in [0.15, 0.2) is 0 Å². The van der Waals surface area contributed by atoms with Crippen molar-refractivity contribution in [2.24, 2.45) is 0 Å². The number of amides is 3. The van der Waals surface area contributed by atoms with Crippen LogP contribution >= 0.6 is 0 Å². The van der Waals surface area contributed by atoms with Crippen LogP contribution in [0.2, 0.25) is 0 Å². The number of likely N-dealkylation sites (N-methyl/N-ethyl adjacent to an activating group) is 1. The molecule has 0 aliphatic carbocycles. The van der Waals surface area contributed by atoms with Crippen molar-refractivity contribution in [3.63, 3.8) is 0 Å². The van der Waals surface area contributed by atoms with Crippen LogP contribution in [0.5, 0.6) is 0 Å². The van der Waals surface area contributed by atoms with Crippen LogP contribution in [0.1, 0.15) is 59.1 Å². The third-order valence-electron chi connectivity index (χ3n) is 4.04. The normalized spacial score (nSPS) is 13.2. The predicted molar refractivity (Wildman–Crippen MR) is 109 cm³/mol. The van der Waals surface area contributed by atoms with Crippen molar-refractivity contribution in [1.82, 2.24) is 15.5 Å². The Bertz CT molecular complexity index is 655. The summed E-state index contributed by atoms with van der Waals surface area (Å²) in [5, 5.41) is 5.41. The summed E-state index contributed by atoms with van der Waals surface area (Å²) < 4.78 is 5.14. The van der Waals surface area contributed by atoms with Crippen LogP contribution < -0.4 is 10.6 Å². The van der Waals surface area contributed by atoms with Gasteiger partial charge in [-0.3, -0.25) is 9.59 Å².